The van der Waals surface area contributed by atoms with Crippen molar-refractivity contribution in [2.75, 3.05) is 20.6 Å². The lowest BCUT2D eigenvalue weighted by Crippen LogP contribution is -2.57. The molecule has 1 fully saturated rings. The average molecular weight is 312 g/mol. The maximum atomic E-state index is 12.2. The number of rotatable bonds is 5. The Bertz CT molecular complexity index is 571. The smallest absolute Gasteiger partial charge is 0.282 e. The fourth-order valence-electron chi connectivity index (χ4n) is 2.56. The molecule has 0 aliphatic heterocycles. The molecule has 1 N–H and O–H groups in total. The van der Waals surface area contributed by atoms with E-state index < -0.39 is 10.8 Å². The number of likely N-dealkylation sites (N-methyl/N-ethyl adjacent to an activating group) is 1. The molecule has 0 spiro atoms. The third-order valence-electron chi connectivity index (χ3n) is 4.21. The van der Waals surface area contributed by atoms with E-state index in [2.05, 4.69) is 10.2 Å². The van der Waals surface area contributed by atoms with Gasteiger partial charge in [-0.15, -0.1) is 0 Å². The first-order valence-corrected chi connectivity index (χ1v) is 7.13. The minimum absolute atomic E-state index is 0.000676. The zero-order valence-corrected chi connectivity index (χ0v) is 12.8. The lowest BCUT2D eigenvalue weighted by Gasteiger charge is -2.47. The highest BCUT2D eigenvalue weighted by atomic mass is 35.5. The van der Waals surface area contributed by atoms with E-state index in [1.807, 2.05) is 14.1 Å². The van der Waals surface area contributed by atoms with Crippen LogP contribution < -0.4 is 5.32 Å². The van der Waals surface area contributed by atoms with E-state index in [1.165, 1.54) is 18.2 Å². The number of nitrogens with zero attached hydrogens (tertiary/aromatic N) is 2. The van der Waals surface area contributed by atoms with Crippen molar-refractivity contribution in [3.05, 3.63) is 38.9 Å². The molecule has 1 amide bonds. The zero-order chi connectivity index (χ0) is 15.6. The maximum Gasteiger partial charge on any atom is 0.282 e. The van der Waals surface area contributed by atoms with Gasteiger partial charge in [-0.1, -0.05) is 11.6 Å². The Morgan fingerprint density at radius 3 is 2.62 bits per heavy atom. The van der Waals surface area contributed by atoms with Gasteiger partial charge in [0.15, 0.2) is 0 Å². The van der Waals surface area contributed by atoms with Crippen molar-refractivity contribution in [2.24, 2.45) is 0 Å². The number of carbonyl (C=O) groups excluding carboxylic acids is 1. The fourth-order valence-corrected chi connectivity index (χ4v) is 2.73. The monoisotopic (exact) mass is 311 g/mol. The second-order valence-electron chi connectivity index (χ2n) is 5.57. The third kappa shape index (κ3) is 3.16. The van der Waals surface area contributed by atoms with Crippen molar-refractivity contribution in [3.63, 3.8) is 0 Å². The van der Waals surface area contributed by atoms with Crippen LogP contribution in [-0.2, 0) is 0 Å². The van der Waals surface area contributed by atoms with Gasteiger partial charge >= 0.3 is 0 Å². The van der Waals surface area contributed by atoms with Crippen LogP contribution in [0.15, 0.2) is 18.2 Å². The number of halogens is 1. The number of nitro benzene ring substituents is 1. The van der Waals surface area contributed by atoms with E-state index in [1.54, 1.807) is 0 Å². The fraction of sp³-hybridized carbons (Fsp3) is 0.500. The first-order chi connectivity index (χ1) is 9.85. The molecule has 1 aromatic rings. The molecule has 1 aliphatic rings. The molecule has 0 atom stereocenters. The minimum Gasteiger partial charge on any atom is -0.350 e. The quantitative estimate of drug-likeness (QED) is 0.669. The molecule has 1 aliphatic carbocycles. The molecule has 114 valence electrons. The molecule has 0 saturated heterocycles. The molecule has 7 heteroatoms. The second kappa shape index (κ2) is 5.99. The molecule has 0 aromatic heterocycles. The molecular formula is C14H18ClN3O3. The molecule has 2 rings (SSSR count). The highest BCUT2D eigenvalue weighted by Crippen LogP contribution is 2.35. The minimum atomic E-state index is -0.573. The van der Waals surface area contributed by atoms with Crippen LogP contribution in [0.4, 0.5) is 5.69 Å². The van der Waals surface area contributed by atoms with Gasteiger partial charge in [-0.05, 0) is 45.5 Å². The number of amides is 1. The van der Waals surface area contributed by atoms with Crippen molar-refractivity contribution in [1.29, 1.82) is 0 Å². The summed E-state index contributed by atoms with van der Waals surface area (Å²) in [6.07, 6.45) is 3.15. The predicted octanol–water partition coefficient (Wildman–Crippen LogP) is 2.46. The summed E-state index contributed by atoms with van der Waals surface area (Å²) in [4.78, 5) is 24.8. The van der Waals surface area contributed by atoms with Gasteiger partial charge in [0.2, 0.25) is 0 Å². The largest absolute Gasteiger partial charge is 0.350 e. The first-order valence-electron chi connectivity index (χ1n) is 6.75. The lowest BCUT2D eigenvalue weighted by atomic mass is 9.75. The summed E-state index contributed by atoms with van der Waals surface area (Å²) in [7, 11) is 3.96. The van der Waals surface area contributed by atoms with Crippen LogP contribution in [0.3, 0.4) is 0 Å². The van der Waals surface area contributed by atoms with Gasteiger partial charge in [0.1, 0.15) is 5.56 Å². The molecule has 0 bridgehead atoms. The van der Waals surface area contributed by atoms with Crippen LogP contribution >= 0.6 is 11.6 Å². The van der Waals surface area contributed by atoms with E-state index in [-0.39, 0.29) is 16.8 Å². The summed E-state index contributed by atoms with van der Waals surface area (Å²) in [5.41, 5.74) is -0.270. The van der Waals surface area contributed by atoms with Crippen molar-refractivity contribution in [2.45, 2.75) is 24.8 Å². The molecule has 6 nitrogen and oxygen atoms in total. The SMILES string of the molecule is CN(C)C1(CNC(=O)c2cc(Cl)ccc2[N+](=O)[O-])CCC1. The Morgan fingerprint density at radius 2 is 2.14 bits per heavy atom. The number of hydrogen-bond acceptors (Lipinski definition) is 4. The van der Waals surface area contributed by atoms with Crippen molar-refractivity contribution >= 4 is 23.2 Å². The number of carbonyl (C=O) groups is 1. The Kier molecular flexibility index (Phi) is 4.49. The number of hydrogen-bond donors (Lipinski definition) is 1. The highest BCUT2D eigenvalue weighted by molar-refractivity contribution is 6.31. The second-order valence-corrected chi connectivity index (χ2v) is 6.01. The van der Waals surface area contributed by atoms with E-state index in [9.17, 15) is 14.9 Å². The van der Waals surface area contributed by atoms with Crippen molar-refractivity contribution in [3.8, 4) is 0 Å². The topological polar surface area (TPSA) is 75.5 Å². The standard InChI is InChI=1S/C14H18ClN3O3/c1-17(2)14(6-3-7-14)9-16-13(19)11-8-10(15)4-5-12(11)18(20)21/h4-5,8H,3,6-7,9H2,1-2H3,(H,16,19). The number of benzene rings is 1. The van der Waals surface area contributed by atoms with Gasteiger partial charge in [-0.3, -0.25) is 14.9 Å². The summed E-state index contributed by atoms with van der Waals surface area (Å²) in [5.74, 6) is -0.461. The lowest BCUT2D eigenvalue weighted by molar-refractivity contribution is -0.385. The van der Waals surface area contributed by atoms with Crippen LogP contribution in [0, 0.1) is 10.1 Å². The molecule has 0 heterocycles. The van der Waals surface area contributed by atoms with E-state index >= 15 is 0 Å². The average Bonchev–Trinajstić information content (AvgIpc) is 2.36. The summed E-state index contributed by atoms with van der Waals surface area (Å²) in [6, 6.07) is 3.99. The third-order valence-corrected chi connectivity index (χ3v) is 4.45. The van der Waals surface area contributed by atoms with E-state index in [4.69, 9.17) is 11.6 Å². The number of nitrogens with one attached hydrogen (secondary N) is 1. The van der Waals surface area contributed by atoms with Gasteiger partial charge < -0.3 is 10.2 Å². The number of nitro groups is 1. The zero-order valence-electron chi connectivity index (χ0n) is 12.1. The maximum absolute atomic E-state index is 12.2. The summed E-state index contributed by atoms with van der Waals surface area (Å²) in [5, 5.41) is 14.1. The van der Waals surface area contributed by atoms with Crippen molar-refractivity contribution in [1.82, 2.24) is 10.2 Å². The highest BCUT2D eigenvalue weighted by Gasteiger charge is 2.39. The summed E-state index contributed by atoms with van der Waals surface area (Å²) < 4.78 is 0. The molecule has 0 unspecified atom stereocenters. The Morgan fingerprint density at radius 1 is 1.48 bits per heavy atom. The van der Waals surface area contributed by atoms with Gasteiger partial charge in [-0.25, -0.2) is 0 Å². The molecule has 1 saturated carbocycles. The Labute approximate surface area is 128 Å². The molecule has 0 radical (unpaired) electrons. The van der Waals surface area contributed by atoms with E-state index in [0.29, 0.717) is 11.6 Å². The van der Waals surface area contributed by atoms with Gasteiger partial charge in [-0.2, -0.15) is 0 Å². The molecular weight excluding hydrogens is 294 g/mol. The molecule has 21 heavy (non-hydrogen) atoms. The Balaban J connectivity index is 2.14. The summed E-state index contributed by atoms with van der Waals surface area (Å²) in [6.45, 7) is 0.475. The van der Waals surface area contributed by atoms with Gasteiger partial charge in [0.05, 0.1) is 4.92 Å². The van der Waals surface area contributed by atoms with Crippen LogP contribution in [0.2, 0.25) is 5.02 Å². The van der Waals surface area contributed by atoms with Gasteiger partial charge in [0, 0.05) is 23.2 Å². The summed E-state index contributed by atoms with van der Waals surface area (Å²) >= 11 is 5.83. The predicted molar refractivity (Wildman–Crippen MR) is 80.7 cm³/mol. The van der Waals surface area contributed by atoms with Crippen LogP contribution in [-0.4, -0.2) is 41.9 Å². The van der Waals surface area contributed by atoms with E-state index in [0.717, 1.165) is 19.3 Å². The van der Waals surface area contributed by atoms with Gasteiger partial charge in [0.25, 0.3) is 11.6 Å². The first kappa shape index (κ1) is 15.7. The molecule has 1 aromatic carbocycles. The normalized spacial score (nSPS) is 16.4. The van der Waals surface area contributed by atoms with Crippen LogP contribution in [0.1, 0.15) is 29.6 Å². The van der Waals surface area contributed by atoms with Crippen molar-refractivity contribution < 1.29 is 9.72 Å². The van der Waals surface area contributed by atoms with Crippen LogP contribution in [0.25, 0.3) is 0 Å². The van der Waals surface area contributed by atoms with Crippen LogP contribution in [0.5, 0.6) is 0 Å². The Hall–Kier alpha value is -1.66.